The smallest absolute Gasteiger partial charge is 0.315 e. The van der Waals surface area contributed by atoms with Crippen molar-refractivity contribution < 1.29 is 14.2 Å². The second kappa shape index (κ2) is 7.65. The molecule has 1 atom stereocenters. The van der Waals surface area contributed by atoms with E-state index >= 15 is 0 Å². The van der Waals surface area contributed by atoms with E-state index in [2.05, 4.69) is 22.9 Å². The molecule has 0 saturated carbocycles. The molecule has 90 valence electrons. The zero-order valence-electron chi connectivity index (χ0n) is 9.61. The van der Waals surface area contributed by atoms with E-state index in [0.717, 1.165) is 23.1 Å². The summed E-state index contributed by atoms with van der Waals surface area (Å²) in [5.74, 6) is 0.720. The number of hydrogen-bond acceptors (Lipinski definition) is 3. The van der Waals surface area contributed by atoms with Gasteiger partial charge < -0.3 is 14.2 Å². The number of rotatable bonds is 7. The van der Waals surface area contributed by atoms with Gasteiger partial charge in [0, 0.05) is 11.6 Å². The summed E-state index contributed by atoms with van der Waals surface area (Å²) in [5.41, 5.74) is 0. The van der Waals surface area contributed by atoms with Crippen molar-refractivity contribution in [3.63, 3.8) is 0 Å². The van der Waals surface area contributed by atoms with Crippen LogP contribution in [0.15, 0.2) is 28.7 Å². The van der Waals surface area contributed by atoms with Crippen molar-refractivity contribution in [2.24, 2.45) is 0 Å². The summed E-state index contributed by atoms with van der Waals surface area (Å²) in [6, 6.07) is 7.57. The molecule has 0 aliphatic carbocycles. The first-order valence-electron chi connectivity index (χ1n) is 5.33. The Morgan fingerprint density at radius 1 is 1.38 bits per heavy atom. The van der Waals surface area contributed by atoms with Crippen LogP contribution in [0.2, 0.25) is 0 Å². The highest BCUT2D eigenvalue weighted by atomic mass is 79.9. The molecule has 1 aromatic carbocycles. The summed E-state index contributed by atoms with van der Waals surface area (Å²) in [6.07, 6.45) is 2.09. The van der Waals surface area contributed by atoms with Crippen LogP contribution in [-0.4, -0.2) is 20.2 Å². The molecule has 4 heteroatoms. The number of unbranched alkanes of at least 4 members (excludes halogenated alkanes) is 1. The maximum Gasteiger partial charge on any atom is 0.315 e. The largest absolute Gasteiger partial charge is 0.441 e. The van der Waals surface area contributed by atoms with Gasteiger partial charge in [0.25, 0.3) is 0 Å². The van der Waals surface area contributed by atoms with Crippen molar-refractivity contribution >= 4 is 15.9 Å². The van der Waals surface area contributed by atoms with Crippen molar-refractivity contribution in [1.29, 1.82) is 0 Å². The highest BCUT2D eigenvalue weighted by Gasteiger charge is 2.08. The van der Waals surface area contributed by atoms with Gasteiger partial charge >= 0.3 is 6.48 Å². The maximum absolute atomic E-state index is 5.52. The van der Waals surface area contributed by atoms with Gasteiger partial charge in [0.1, 0.15) is 5.75 Å². The highest BCUT2D eigenvalue weighted by molar-refractivity contribution is 9.10. The zero-order chi connectivity index (χ0) is 11.8. The SMILES string of the molecule is CCCCOC(OC)Oc1cccc(Br)c1. The Morgan fingerprint density at radius 2 is 2.19 bits per heavy atom. The minimum absolute atomic E-state index is 0.638. The molecule has 1 rings (SSSR count). The van der Waals surface area contributed by atoms with Gasteiger partial charge in [-0.15, -0.1) is 0 Å². The number of benzene rings is 1. The molecule has 0 saturated heterocycles. The van der Waals surface area contributed by atoms with E-state index in [-0.39, 0.29) is 0 Å². The summed E-state index contributed by atoms with van der Waals surface area (Å²) in [4.78, 5) is 0. The fraction of sp³-hybridized carbons (Fsp3) is 0.500. The van der Waals surface area contributed by atoms with Crippen LogP contribution in [0, 0.1) is 0 Å². The minimum Gasteiger partial charge on any atom is -0.441 e. The van der Waals surface area contributed by atoms with Crippen LogP contribution in [-0.2, 0) is 9.47 Å². The van der Waals surface area contributed by atoms with Gasteiger partial charge in [-0.3, -0.25) is 0 Å². The molecule has 3 nitrogen and oxygen atoms in total. The molecule has 0 spiro atoms. The Hall–Kier alpha value is -0.580. The molecular weight excluding hydrogens is 272 g/mol. The van der Waals surface area contributed by atoms with Crippen LogP contribution < -0.4 is 4.74 Å². The van der Waals surface area contributed by atoms with Gasteiger partial charge in [-0.25, -0.2) is 0 Å². The van der Waals surface area contributed by atoms with E-state index in [0.29, 0.717) is 6.61 Å². The van der Waals surface area contributed by atoms with Crippen molar-refractivity contribution in [3.8, 4) is 5.75 Å². The molecule has 0 amide bonds. The molecule has 0 N–H and O–H groups in total. The zero-order valence-corrected chi connectivity index (χ0v) is 11.2. The van der Waals surface area contributed by atoms with E-state index in [1.807, 2.05) is 24.3 Å². The number of methoxy groups -OCH3 is 1. The fourth-order valence-electron chi connectivity index (χ4n) is 1.13. The van der Waals surface area contributed by atoms with Crippen molar-refractivity contribution in [2.75, 3.05) is 13.7 Å². The molecule has 0 fully saturated rings. The Bertz CT molecular complexity index is 304. The third-order valence-corrected chi connectivity index (χ3v) is 2.47. The first-order chi connectivity index (χ1) is 7.76. The predicted octanol–water partition coefficient (Wildman–Crippen LogP) is 3.57. The Balaban J connectivity index is 2.43. The molecular formula is C12H17BrO3. The molecule has 0 bridgehead atoms. The highest BCUT2D eigenvalue weighted by Crippen LogP contribution is 2.19. The molecule has 0 aromatic heterocycles. The molecule has 16 heavy (non-hydrogen) atoms. The second-order valence-corrected chi connectivity index (χ2v) is 4.24. The lowest BCUT2D eigenvalue weighted by atomic mass is 10.3. The first-order valence-corrected chi connectivity index (χ1v) is 6.12. The van der Waals surface area contributed by atoms with Crippen LogP contribution >= 0.6 is 15.9 Å². The summed E-state index contributed by atoms with van der Waals surface area (Å²) in [7, 11) is 1.56. The van der Waals surface area contributed by atoms with E-state index in [4.69, 9.17) is 14.2 Å². The summed E-state index contributed by atoms with van der Waals surface area (Å²) >= 11 is 3.38. The number of ether oxygens (including phenoxy) is 3. The Morgan fingerprint density at radius 3 is 2.81 bits per heavy atom. The topological polar surface area (TPSA) is 27.7 Å². The second-order valence-electron chi connectivity index (χ2n) is 3.32. The van der Waals surface area contributed by atoms with E-state index in [1.54, 1.807) is 7.11 Å². The fourth-order valence-corrected chi connectivity index (χ4v) is 1.50. The molecule has 1 aromatic rings. The monoisotopic (exact) mass is 288 g/mol. The summed E-state index contributed by atoms with van der Waals surface area (Å²) in [6.45, 7) is 2.12. The van der Waals surface area contributed by atoms with Crippen LogP contribution in [0.1, 0.15) is 19.8 Å². The Kier molecular flexibility index (Phi) is 6.45. The predicted molar refractivity (Wildman–Crippen MR) is 66.4 cm³/mol. The maximum atomic E-state index is 5.52. The molecule has 0 aliphatic rings. The lowest BCUT2D eigenvalue weighted by Gasteiger charge is -2.17. The lowest BCUT2D eigenvalue weighted by molar-refractivity contribution is -0.233. The molecule has 1 unspecified atom stereocenters. The third-order valence-electron chi connectivity index (χ3n) is 1.97. The van der Waals surface area contributed by atoms with Crippen LogP contribution in [0.25, 0.3) is 0 Å². The molecule has 0 radical (unpaired) electrons. The molecule has 0 aliphatic heterocycles. The summed E-state index contributed by atoms with van der Waals surface area (Å²) in [5, 5.41) is 0. The average molecular weight is 289 g/mol. The van der Waals surface area contributed by atoms with Crippen molar-refractivity contribution in [1.82, 2.24) is 0 Å². The minimum atomic E-state index is -0.638. The third kappa shape index (κ3) is 4.96. The quantitative estimate of drug-likeness (QED) is 0.567. The first kappa shape index (κ1) is 13.5. The summed E-state index contributed by atoms with van der Waals surface area (Å²) < 4.78 is 17.0. The van der Waals surface area contributed by atoms with E-state index < -0.39 is 6.48 Å². The van der Waals surface area contributed by atoms with Gasteiger partial charge in [-0.1, -0.05) is 35.3 Å². The number of halogens is 1. The van der Waals surface area contributed by atoms with E-state index in [9.17, 15) is 0 Å². The normalized spacial score (nSPS) is 12.4. The Labute approximate surface area is 105 Å². The van der Waals surface area contributed by atoms with E-state index in [1.165, 1.54) is 0 Å². The molecule has 0 heterocycles. The van der Waals surface area contributed by atoms with Crippen molar-refractivity contribution in [2.45, 2.75) is 26.2 Å². The van der Waals surface area contributed by atoms with Gasteiger partial charge in [-0.2, -0.15) is 0 Å². The standard InChI is InChI=1S/C12H17BrO3/c1-3-4-8-15-12(14-2)16-11-7-5-6-10(13)9-11/h5-7,9,12H,3-4,8H2,1-2H3. The lowest BCUT2D eigenvalue weighted by Crippen LogP contribution is -2.23. The van der Waals surface area contributed by atoms with Gasteiger partial charge in [-0.05, 0) is 24.6 Å². The number of hydrogen-bond donors (Lipinski definition) is 0. The average Bonchev–Trinajstić information content (AvgIpc) is 2.28. The van der Waals surface area contributed by atoms with Gasteiger partial charge in [0.05, 0.1) is 6.61 Å². The van der Waals surface area contributed by atoms with Gasteiger partial charge in [0.2, 0.25) is 0 Å². The van der Waals surface area contributed by atoms with Crippen LogP contribution in [0.4, 0.5) is 0 Å². The van der Waals surface area contributed by atoms with Crippen LogP contribution in [0.3, 0.4) is 0 Å². The van der Waals surface area contributed by atoms with Crippen molar-refractivity contribution in [3.05, 3.63) is 28.7 Å². The van der Waals surface area contributed by atoms with Crippen LogP contribution in [0.5, 0.6) is 5.75 Å². The van der Waals surface area contributed by atoms with Gasteiger partial charge in [0.15, 0.2) is 0 Å².